The van der Waals surface area contributed by atoms with E-state index in [9.17, 15) is 22.8 Å². The van der Waals surface area contributed by atoms with E-state index >= 15 is 0 Å². The summed E-state index contributed by atoms with van der Waals surface area (Å²) >= 11 is 1.06. The zero-order valence-corrected chi connectivity index (χ0v) is 19.0. The van der Waals surface area contributed by atoms with Gasteiger partial charge in [-0.05, 0) is 58.0 Å². The molecule has 0 aliphatic heterocycles. The molecule has 3 aromatic rings. The van der Waals surface area contributed by atoms with Gasteiger partial charge in [0.25, 0.3) is 5.91 Å². The summed E-state index contributed by atoms with van der Waals surface area (Å²) in [5.74, 6) is -0.668. The number of benzene rings is 1. The van der Waals surface area contributed by atoms with Crippen molar-refractivity contribution in [2.24, 2.45) is 0 Å². The molecule has 0 fully saturated rings. The Morgan fingerprint density at radius 1 is 1.03 bits per heavy atom. The second-order valence-electron chi connectivity index (χ2n) is 7.99. The molecule has 7 nitrogen and oxygen atoms in total. The number of hydrogen-bond acceptors (Lipinski definition) is 6. The van der Waals surface area contributed by atoms with E-state index in [0.717, 1.165) is 29.5 Å². The molecule has 0 saturated carbocycles. The number of carbonyl (C=O) groups excluding carboxylic acids is 2. The first-order valence-corrected chi connectivity index (χ1v) is 10.6. The normalized spacial score (nSPS) is 11.7. The predicted molar refractivity (Wildman–Crippen MR) is 119 cm³/mol. The number of nitrogens with one attached hydrogen (secondary N) is 2. The number of rotatable bonds is 4. The van der Waals surface area contributed by atoms with E-state index in [1.54, 1.807) is 52.1 Å². The summed E-state index contributed by atoms with van der Waals surface area (Å²) in [6, 6.07) is 7.86. The first-order valence-electron chi connectivity index (χ1n) is 9.75. The number of pyridine rings is 1. The Morgan fingerprint density at radius 3 is 2.36 bits per heavy atom. The Bertz CT molecular complexity index is 1170. The lowest BCUT2D eigenvalue weighted by atomic mass is 10.1. The average molecular weight is 478 g/mol. The summed E-state index contributed by atoms with van der Waals surface area (Å²) in [5.41, 5.74) is -1.11. The SMILES string of the molecule is Cc1nc(-c2ccccn2)sc1C(=O)Nc1cc(C(F)(F)F)ccc1NC(=O)OC(C)(C)C. The Labute approximate surface area is 192 Å². The molecule has 0 radical (unpaired) electrons. The number of alkyl halides is 3. The van der Waals surface area contributed by atoms with Gasteiger partial charge in [-0.1, -0.05) is 6.07 Å². The number of nitrogens with zero attached hydrogens (tertiary/aromatic N) is 2. The van der Waals surface area contributed by atoms with E-state index in [1.165, 1.54) is 0 Å². The van der Waals surface area contributed by atoms with Crippen LogP contribution in [0.4, 0.5) is 29.3 Å². The van der Waals surface area contributed by atoms with Gasteiger partial charge in [-0.2, -0.15) is 13.2 Å². The van der Waals surface area contributed by atoms with E-state index in [-0.39, 0.29) is 16.3 Å². The number of anilines is 2. The van der Waals surface area contributed by atoms with E-state index in [2.05, 4.69) is 20.6 Å². The summed E-state index contributed by atoms with van der Waals surface area (Å²) in [4.78, 5) is 33.8. The molecule has 3 rings (SSSR count). The standard InChI is InChI=1S/C22H21F3N4O3S/c1-12-17(33-19(27-12)15-7-5-6-10-26-15)18(30)28-16-11-13(22(23,24)25)8-9-14(16)29-20(31)32-21(2,3)4/h5-11H,1-4H3,(H,28,30)(H,29,31). The van der Waals surface area contributed by atoms with Crippen molar-refractivity contribution in [2.45, 2.75) is 39.5 Å². The smallest absolute Gasteiger partial charge is 0.416 e. The second kappa shape index (κ2) is 9.18. The monoisotopic (exact) mass is 478 g/mol. The molecule has 0 bridgehead atoms. The number of aromatic nitrogens is 2. The molecule has 11 heteroatoms. The Kier molecular flexibility index (Phi) is 6.73. The fraction of sp³-hybridized carbons (Fsp3) is 0.273. The number of carbonyl (C=O) groups is 2. The van der Waals surface area contributed by atoms with Crippen LogP contribution in [0.5, 0.6) is 0 Å². The third kappa shape index (κ3) is 6.28. The van der Waals surface area contributed by atoms with Crippen LogP contribution in [-0.2, 0) is 10.9 Å². The highest BCUT2D eigenvalue weighted by Crippen LogP contribution is 2.35. The van der Waals surface area contributed by atoms with Gasteiger partial charge in [0, 0.05) is 6.20 Å². The summed E-state index contributed by atoms with van der Waals surface area (Å²) < 4.78 is 44.9. The van der Waals surface area contributed by atoms with Crippen molar-refractivity contribution in [1.82, 2.24) is 9.97 Å². The number of hydrogen-bond donors (Lipinski definition) is 2. The fourth-order valence-electron chi connectivity index (χ4n) is 2.73. The molecule has 0 atom stereocenters. The van der Waals surface area contributed by atoms with Gasteiger partial charge in [0.2, 0.25) is 0 Å². The van der Waals surface area contributed by atoms with Crippen LogP contribution in [0.2, 0.25) is 0 Å². The first kappa shape index (κ1) is 24.2. The van der Waals surface area contributed by atoms with E-state index in [1.807, 2.05) is 0 Å². The minimum Gasteiger partial charge on any atom is -0.444 e. The van der Waals surface area contributed by atoms with Crippen molar-refractivity contribution in [2.75, 3.05) is 10.6 Å². The number of amides is 2. The van der Waals surface area contributed by atoms with Crippen LogP contribution in [-0.4, -0.2) is 27.6 Å². The molecule has 0 aliphatic carbocycles. The number of aryl methyl sites for hydroxylation is 1. The highest BCUT2D eigenvalue weighted by molar-refractivity contribution is 7.17. The number of halogens is 3. The van der Waals surface area contributed by atoms with Gasteiger partial charge in [0.1, 0.15) is 15.5 Å². The third-order valence-corrected chi connectivity index (χ3v) is 5.30. The van der Waals surface area contributed by atoms with Crippen LogP contribution in [0.25, 0.3) is 10.7 Å². The van der Waals surface area contributed by atoms with Crippen molar-refractivity contribution < 1.29 is 27.5 Å². The topological polar surface area (TPSA) is 93.2 Å². The van der Waals surface area contributed by atoms with E-state index in [0.29, 0.717) is 16.4 Å². The van der Waals surface area contributed by atoms with Gasteiger partial charge in [0.15, 0.2) is 0 Å². The second-order valence-corrected chi connectivity index (χ2v) is 8.99. The molecule has 33 heavy (non-hydrogen) atoms. The van der Waals surface area contributed by atoms with Gasteiger partial charge < -0.3 is 10.1 Å². The zero-order chi connectivity index (χ0) is 24.4. The summed E-state index contributed by atoms with van der Waals surface area (Å²) in [7, 11) is 0. The van der Waals surface area contributed by atoms with Crippen LogP contribution < -0.4 is 10.6 Å². The van der Waals surface area contributed by atoms with Crippen molar-refractivity contribution in [3.05, 3.63) is 58.7 Å². The lowest BCUT2D eigenvalue weighted by Crippen LogP contribution is -2.27. The fourth-order valence-corrected chi connectivity index (χ4v) is 3.67. The molecule has 0 unspecified atom stereocenters. The highest BCUT2D eigenvalue weighted by atomic mass is 32.1. The van der Waals surface area contributed by atoms with Crippen LogP contribution in [0.15, 0.2) is 42.6 Å². The Morgan fingerprint density at radius 2 is 1.76 bits per heavy atom. The van der Waals surface area contributed by atoms with Gasteiger partial charge in [-0.15, -0.1) is 11.3 Å². The summed E-state index contributed by atoms with van der Waals surface area (Å²) in [6.07, 6.45) is -3.93. The highest BCUT2D eigenvalue weighted by Gasteiger charge is 2.32. The maximum absolute atomic E-state index is 13.3. The minimum absolute atomic E-state index is 0.0438. The molecule has 0 aliphatic rings. The van der Waals surface area contributed by atoms with Crippen molar-refractivity contribution in [3.63, 3.8) is 0 Å². The summed E-state index contributed by atoms with van der Waals surface area (Å²) in [5, 5.41) is 5.33. The first-order chi connectivity index (χ1) is 15.3. The number of ether oxygens (including phenoxy) is 1. The van der Waals surface area contributed by atoms with Gasteiger partial charge in [-0.3, -0.25) is 15.1 Å². The quantitative estimate of drug-likeness (QED) is 0.470. The van der Waals surface area contributed by atoms with Crippen LogP contribution in [0.3, 0.4) is 0 Å². The molecule has 174 valence electrons. The summed E-state index contributed by atoms with van der Waals surface area (Å²) in [6.45, 7) is 6.55. The molecule has 0 spiro atoms. The molecule has 2 N–H and O–H groups in total. The third-order valence-electron chi connectivity index (χ3n) is 4.12. The lowest BCUT2D eigenvalue weighted by molar-refractivity contribution is -0.137. The zero-order valence-electron chi connectivity index (χ0n) is 18.2. The number of thiazole rings is 1. The average Bonchev–Trinajstić information content (AvgIpc) is 3.09. The molecule has 2 amide bonds. The van der Waals surface area contributed by atoms with Crippen LogP contribution in [0.1, 0.15) is 41.7 Å². The molecule has 1 aromatic carbocycles. The molecular weight excluding hydrogens is 457 g/mol. The molecular formula is C22H21F3N4O3S. The van der Waals surface area contributed by atoms with Gasteiger partial charge in [0.05, 0.1) is 28.3 Å². The van der Waals surface area contributed by atoms with Crippen LogP contribution in [0, 0.1) is 6.92 Å². The lowest BCUT2D eigenvalue weighted by Gasteiger charge is -2.21. The van der Waals surface area contributed by atoms with Crippen molar-refractivity contribution in [1.29, 1.82) is 0 Å². The Hall–Kier alpha value is -3.47. The molecule has 2 aromatic heterocycles. The largest absolute Gasteiger partial charge is 0.444 e. The van der Waals surface area contributed by atoms with E-state index < -0.39 is 29.3 Å². The van der Waals surface area contributed by atoms with Crippen molar-refractivity contribution in [3.8, 4) is 10.7 Å². The maximum atomic E-state index is 13.3. The van der Waals surface area contributed by atoms with Crippen molar-refractivity contribution >= 4 is 34.7 Å². The minimum atomic E-state index is -4.64. The van der Waals surface area contributed by atoms with Crippen LogP contribution >= 0.6 is 11.3 Å². The molecule has 0 saturated heterocycles. The maximum Gasteiger partial charge on any atom is 0.416 e. The predicted octanol–water partition coefficient (Wildman–Crippen LogP) is 6.13. The van der Waals surface area contributed by atoms with Gasteiger partial charge in [-0.25, -0.2) is 9.78 Å². The van der Waals surface area contributed by atoms with Gasteiger partial charge >= 0.3 is 12.3 Å². The van der Waals surface area contributed by atoms with E-state index in [4.69, 9.17) is 4.74 Å². The Balaban J connectivity index is 1.91. The molecule has 2 heterocycles.